The summed E-state index contributed by atoms with van der Waals surface area (Å²) in [5, 5.41) is 0. The quantitative estimate of drug-likeness (QED) is 0.351. The van der Waals surface area contributed by atoms with E-state index >= 15 is 0 Å². The molecule has 0 saturated heterocycles. The third kappa shape index (κ3) is 51.5. The normalized spacial score (nSPS) is 8.57. The molecule has 0 aromatic carbocycles. The molecule has 0 aliphatic rings. The minimum Gasteiger partial charge on any atom is 0 e. The van der Waals surface area contributed by atoms with Gasteiger partial charge in [0.1, 0.15) is 0 Å². The summed E-state index contributed by atoms with van der Waals surface area (Å²) < 4.78 is 0. The summed E-state index contributed by atoms with van der Waals surface area (Å²) in [5.74, 6) is 0. The van der Waals surface area contributed by atoms with Crippen LogP contribution in [-0.2, 0) is 21.7 Å². The molecule has 0 rings (SSSR count). The van der Waals surface area contributed by atoms with Gasteiger partial charge in [0.05, 0.1) is 0 Å². The maximum Gasteiger partial charge on any atom is 0 e. The fourth-order valence-electron chi connectivity index (χ4n) is 0. The Kier molecular flexibility index (Phi) is 16.3. The van der Waals surface area contributed by atoms with Gasteiger partial charge in [0.2, 0.25) is 0 Å². The third-order valence-corrected chi connectivity index (χ3v) is 0. The van der Waals surface area contributed by atoms with E-state index in [4.69, 9.17) is 19.2 Å². The molecule has 7 heavy (non-hydrogen) atoms. The van der Waals surface area contributed by atoms with Gasteiger partial charge in [-0.2, -0.15) is 0 Å². The fraction of sp³-hybridized carbons (Fsp3) is 0. The van der Waals surface area contributed by atoms with E-state index in [-0.39, 0.29) is 90.6 Å². The standard InChI is InChI=1S/Cs.H4O4Si.Ti.H/c;1-5(2,3)4;;/h;1-4H;;. The summed E-state index contributed by atoms with van der Waals surface area (Å²) >= 11 is 0. The Morgan fingerprint density at radius 1 is 0.857 bits per heavy atom. The van der Waals surface area contributed by atoms with Crippen LogP contribution in [0.4, 0.5) is 0 Å². The number of hydrogen-bond donors (Lipinski definition) is 4. The molecule has 0 aliphatic carbocycles. The zero-order chi connectivity index (χ0) is 4.50. The van der Waals surface area contributed by atoms with Crippen molar-refractivity contribution in [3.8, 4) is 0 Å². The van der Waals surface area contributed by atoms with Gasteiger partial charge in [-0.05, 0) is 0 Å². The van der Waals surface area contributed by atoms with Gasteiger partial charge >= 0.3 is 77.9 Å². The van der Waals surface area contributed by atoms with Crippen LogP contribution in [-0.4, -0.2) is 97.1 Å². The molecule has 0 heterocycles. The number of rotatable bonds is 0. The molecule has 0 amide bonds. The van der Waals surface area contributed by atoms with E-state index in [1.54, 1.807) is 0 Å². The maximum atomic E-state index is 7.33. The molecule has 0 atom stereocenters. The average molecular weight is 278 g/mol. The van der Waals surface area contributed by atoms with Crippen molar-refractivity contribution in [3.05, 3.63) is 0 Å². The van der Waals surface area contributed by atoms with Crippen molar-refractivity contribution < 1.29 is 40.9 Å². The first-order valence-corrected chi connectivity index (χ1v) is 2.68. The molecule has 0 aliphatic heterocycles. The van der Waals surface area contributed by atoms with Crippen molar-refractivity contribution in [1.29, 1.82) is 0 Å². The first kappa shape index (κ1) is 16.4. The zero-order valence-electron chi connectivity index (χ0n) is 2.79. The van der Waals surface area contributed by atoms with Crippen LogP contribution in [0.3, 0.4) is 0 Å². The Hall–Kier alpha value is 2.82. The smallest absolute Gasteiger partial charge is 0 e. The first-order chi connectivity index (χ1) is 2.00. The molecule has 0 fully saturated rings. The Morgan fingerprint density at radius 2 is 0.857 bits per heavy atom. The SMILES string of the molecule is O[Si](O)(O)O.[CsH].[Ti]. The molecular weight excluding hydrogens is 273 g/mol. The van der Waals surface area contributed by atoms with Crippen molar-refractivity contribution in [2.75, 3.05) is 0 Å². The molecule has 0 unspecified atom stereocenters. The first-order valence-electron chi connectivity index (χ1n) is 0.894. The van der Waals surface area contributed by atoms with Crippen LogP contribution < -0.4 is 0 Å². The summed E-state index contributed by atoms with van der Waals surface area (Å²) in [7, 11) is -4.61. The van der Waals surface area contributed by atoms with Gasteiger partial charge in [0.25, 0.3) is 0 Å². The van der Waals surface area contributed by atoms with Gasteiger partial charge in [-0.1, -0.05) is 0 Å². The van der Waals surface area contributed by atoms with Crippen molar-refractivity contribution in [3.63, 3.8) is 0 Å². The van der Waals surface area contributed by atoms with Crippen LogP contribution in [0.1, 0.15) is 0 Å². The van der Waals surface area contributed by atoms with E-state index in [1.807, 2.05) is 0 Å². The number of hydrogen-bond acceptors (Lipinski definition) is 4. The summed E-state index contributed by atoms with van der Waals surface area (Å²) in [4.78, 5) is 29.3. The Balaban J connectivity index is -0.0000000800. The van der Waals surface area contributed by atoms with Crippen LogP contribution in [0.2, 0.25) is 0 Å². The largest absolute Gasteiger partial charge is 0 e. The summed E-state index contributed by atoms with van der Waals surface area (Å²) in [6, 6.07) is 0. The predicted molar refractivity (Wildman–Crippen MR) is 21.8 cm³/mol. The second kappa shape index (κ2) is 6.94. The van der Waals surface area contributed by atoms with E-state index < -0.39 is 9.05 Å². The second-order valence-corrected chi connectivity index (χ2v) is 1.80. The Labute approximate surface area is 116 Å². The van der Waals surface area contributed by atoms with Crippen molar-refractivity contribution in [2.24, 2.45) is 0 Å². The molecule has 4 nitrogen and oxygen atoms in total. The molecule has 38 valence electrons. The fourth-order valence-corrected chi connectivity index (χ4v) is 0. The second-order valence-electron chi connectivity index (χ2n) is 0.600. The Morgan fingerprint density at radius 3 is 0.857 bits per heavy atom. The van der Waals surface area contributed by atoms with Crippen LogP contribution >= 0.6 is 0 Å². The molecule has 0 aromatic heterocycles. The van der Waals surface area contributed by atoms with Crippen LogP contribution in [0.25, 0.3) is 0 Å². The molecule has 0 saturated carbocycles. The predicted octanol–water partition coefficient (Wildman–Crippen LogP) is -3.26. The third-order valence-electron chi connectivity index (χ3n) is 0. The minimum absolute atomic E-state index is 0. The van der Waals surface area contributed by atoms with Crippen molar-refractivity contribution >= 4 is 77.9 Å². The van der Waals surface area contributed by atoms with Crippen LogP contribution in [0.15, 0.2) is 0 Å². The zero-order valence-corrected chi connectivity index (χ0v) is 5.35. The van der Waals surface area contributed by atoms with Gasteiger partial charge in [-0.25, -0.2) is 0 Å². The molecule has 4 N–H and O–H groups in total. The molecule has 0 spiro atoms. The van der Waals surface area contributed by atoms with Gasteiger partial charge < -0.3 is 19.2 Å². The summed E-state index contributed by atoms with van der Waals surface area (Å²) in [5.41, 5.74) is 0. The maximum absolute atomic E-state index is 7.33. The monoisotopic (exact) mass is 278 g/mol. The average Bonchev–Trinajstić information content (AvgIpc) is 0.722. The van der Waals surface area contributed by atoms with Gasteiger partial charge in [-0.3, -0.25) is 0 Å². The van der Waals surface area contributed by atoms with Gasteiger partial charge in [0.15, 0.2) is 0 Å². The van der Waals surface area contributed by atoms with E-state index in [0.717, 1.165) is 0 Å². The van der Waals surface area contributed by atoms with E-state index in [1.165, 1.54) is 0 Å². The molecular formula is H5CsO4SiTi. The molecule has 7 heteroatoms. The van der Waals surface area contributed by atoms with Gasteiger partial charge in [-0.15, -0.1) is 0 Å². The van der Waals surface area contributed by atoms with Crippen molar-refractivity contribution in [2.45, 2.75) is 0 Å². The van der Waals surface area contributed by atoms with E-state index in [2.05, 4.69) is 0 Å². The molecule has 0 radical (unpaired) electrons. The van der Waals surface area contributed by atoms with Gasteiger partial charge in [0, 0.05) is 21.7 Å². The molecule has 0 bridgehead atoms. The topological polar surface area (TPSA) is 80.9 Å². The van der Waals surface area contributed by atoms with Crippen LogP contribution in [0, 0.1) is 0 Å². The Bertz CT molecular complexity index is 27.2. The molecule has 0 aromatic rings. The summed E-state index contributed by atoms with van der Waals surface area (Å²) in [6.07, 6.45) is 0. The van der Waals surface area contributed by atoms with E-state index in [9.17, 15) is 0 Å². The summed E-state index contributed by atoms with van der Waals surface area (Å²) in [6.45, 7) is 0. The van der Waals surface area contributed by atoms with Crippen LogP contribution in [0.5, 0.6) is 0 Å². The minimum atomic E-state index is -4.61. The van der Waals surface area contributed by atoms with Crippen molar-refractivity contribution in [1.82, 2.24) is 0 Å². The van der Waals surface area contributed by atoms with E-state index in [0.29, 0.717) is 0 Å².